The van der Waals surface area contributed by atoms with E-state index in [4.69, 9.17) is 27.9 Å². The number of amides is 1. The fourth-order valence-corrected chi connectivity index (χ4v) is 1.96. The van der Waals surface area contributed by atoms with Crippen molar-refractivity contribution in [3.05, 3.63) is 58.3 Å². The van der Waals surface area contributed by atoms with Crippen LogP contribution in [0.25, 0.3) is 0 Å². The molecule has 0 aliphatic carbocycles. The van der Waals surface area contributed by atoms with Gasteiger partial charge in [-0.05, 0) is 24.3 Å². The Morgan fingerprint density at radius 1 is 1.15 bits per heavy atom. The number of halogens is 2. The molecule has 0 aliphatic rings. The first-order valence-electron chi connectivity index (χ1n) is 5.95. The number of benzene rings is 1. The molecular weight excluding hydrogens is 299 g/mol. The Balaban J connectivity index is 1.80. The molecule has 0 saturated carbocycles. The van der Waals surface area contributed by atoms with Gasteiger partial charge in [-0.25, -0.2) is 4.98 Å². The van der Waals surface area contributed by atoms with Crippen molar-refractivity contribution in [2.75, 3.05) is 13.2 Å². The Hall–Kier alpha value is -1.78. The third-order valence-electron chi connectivity index (χ3n) is 2.46. The first kappa shape index (κ1) is 14.6. The summed E-state index contributed by atoms with van der Waals surface area (Å²) in [5, 5.41) is 3.03. The van der Waals surface area contributed by atoms with Crippen LogP contribution in [0.2, 0.25) is 10.3 Å². The minimum absolute atomic E-state index is 0.0824. The highest BCUT2D eigenvalue weighted by Crippen LogP contribution is 2.16. The molecule has 0 fully saturated rings. The van der Waals surface area contributed by atoms with Crippen molar-refractivity contribution in [1.29, 1.82) is 0 Å². The Labute approximate surface area is 126 Å². The van der Waals surface area contributed by atoms with Gasteiger partial charge in [0.2, 0.25) is 0 Å². The van der Waals surface area contributed by atoms with Crippen molar-refractivity contribution in [1.82, 2.24) is 10.3 Å². The molecule has 0 atom stereocenters. The van der Waals surface area contributed by atoms with Crippen molar-refractivity contribution >= 4 is 29.1 Å². The molecule has 0 bridgehead atoms. The molecule has 1 aromatic carbocycles. The van der Waals surface area contributed by atoms with E-state index in [-0.39, 0.29) is 21.8 Å². The van der Waals surface area contributed by atoms with Crippen LogP contribution >= 0.6 is 23.2 Å². The van der Waals surface area contributed by atoms with E-state index >= 15 is 0 Å². The molecule has 1 heterocycles. The lowest BCUT2D eigenvalue weighted by Gasteiger charge is -2.08. The normalized spacial score (nSPS) is 10.1. The molecule has 1 aromatic heterocycles. The maximum absolute atomic E-state index is 11.9. The Morgan fingerprint density at radius 2 is 1.90 bits per heavy atom. The largest absolute Gasteiger partial charge is 0.492 e. The molecule has 0 unspecified atom stereocenters. The maximum atomic E-state index is 11.9. The summed E-state index contributed by atoms with van der Waals surface area (Å²) in [5.74, 6) is 0.448. The molecule has 104 valence electrons. The average molecular weight is 311 g/mol. The molecule has 0 spiro atoms. The van der Waals surface area contributed by atoms with Crippen LogP contribution in [-0.4, -0.2) is 24.0 Å². The van der Waals surface area contributed by atoms with Gasteiger partial charge in [0.25, 0.3) is 5.91 Å². The van der Waals surface area contributed by atoms with Gasteiger partial charge in [-0.1, -0.05) is 41.4 Å². The first-order chi connectivity index (χ1) is 9.66. The molecule has 6 heteroatoms. The number of nitrogens with one attached hydrogen (secondary N) is 1. The maximum Gasteiger partial charge on any atom is 0.254 e. The zero-order valence-electron chi connectivity index (χ0n) is 10.5. The molecular formula is C14H12Cl2N2O2. The lowest BCUT2D eigenvalue weighted by Crippen LogP contribution is -2.28. The molecule has 1 amide bonds. The second-order valence-electron chi connectivity index (χ2n) is 3.89. The lowest BCUT2D eigenvalue weighted by atomic mass is 10.2. The molecule has 2 aromatic rings. The number of rotatable bonds is 5. The predicted octanol–water partition coefficient (Wildman–Crippen LogP) is 3.20. The Morgan fingerprint density at radius 3 is 2.60 bits per heavy atom. The monoisotopic (exact) mass is 310 g/mol. The molecule has 0 radical (unpaired) electrons. The van der Waals surface area contributed by atoms with Crippen LogP contribution < -0.4 is 10.1 Å². The molecule has 2 rings (SSSR count). The minimum Gasteiger partial charge on any atom is -0.492 e. The quantitative estimate of drug-likeness (QED) is 0.681. The molecule has 0 aliphatic heterocycles. The van der Waals surface area contributed by atoms with Crippen molar-refractivity contribution in [2.45, 2.75) is 0 Å². The van der Waals surface area contributed by atoms with Gasteiger partial charge in [0.15, 0.2) is 0 Å². The predicted molar refractivity (Wildman–Crippen MR) is 78.5 cm³/mol. The van der Waals surface area contributed by atoms with Crippen LogP contribution in [0.3, 0.4) is 0 Å². The zero-order valence-corrected chi connectivity index (χ0v) is 12.0. The van der Waals surface area contributed by atoms with E-state index in [9.17, 15) is 4.79 Å². The number of para-hydroxylation sites is 1. The summed E-state index contributed by atoms with van der Waals surface area (Å²) in [6, 6.07) is 12.4. The minimum atomic E-state index is -0.309. The van der Waals surface area contributed by atoms with Gasteiger partial charge < -0.3 is 10.1 Å². The summed E-state index contributed by atoms with van der Waals surface area (Å²) >= 11 is 11.5. The van der Waals surface area contributed by atoms with Crippen LogP contribution in [-0.2, 0) is 0 Å². The van der Waals surface area contributed by atoms with Crippen LogP contribution in [0.5, 0.6) is 5.75 Å². The second kappa shape index (κ2) is 7.12. The fourth-order valence-electron chi connectivity index (χ4n) is 1.53. The number of hydrogen-bond acceptors (Lipinski definition) is 3. The summed E-state index contributed by atoms with van der Waals surface area (Å²) < 4.78 is 5.46. The summed E-state index contributed by atoms with van der Waals surface area (Å²) in [6.45, 7) is 0.737. The molecule has 0 saturated heterocycles. The standard InChI is InChI=1S/C14H12Cl2N2O2/c15-12-7-6-11(13(16)18-12)14(19)17-8-9-20-10-4-2-1-3-5-10/h1-7H,8-9H2,(H,17,19). The summed E-state index contributed by atoms with van der Waals surface area (Å²) in [4.78, 5) is 15.7. The van der Waals surface area contributed by atoms with E-state index in [0.717, 1.165) is 5.75 Å². The number of nitrogens with zero attached hydrogens (tertiary/aromatic N) is 1. The number of aromatic nitrogens is 1. The topological polar surface area (TPSA) is 51.2 Å². The second-order valence-corrected chi connectivity index (χ2v) is 4.64. The summed E-state index contributed by atoms with van der Waals surface area (Å²) in [5.41, 5.74) is 0.288. The summed E-state index contributed by atoms with van der Waals surface area (Å²) in [6.07, 6.45) is 0. The highest BCUT2D eigenvalue weighted by molar-refractivity contribution is 6.34. The van der Waals surface area contributed by atoms with Gasteiger partial charge in [0.1, 0.15) is 22.7 Å². The van der Waals surface area contributed by atoms with Crippen molar-refractivity contribution in [3.63, 3.8) is 0 Å². The highest BCUT2D eigenvalue weighted by Gasteiger charge is 2.11. The fraction of sp³-hybridized carbons (Fsp3) is 0.143. The van der Waals surface area contributed by atoms with E-state index < -0.39 is 0 Å². The van der Waals surface area contributed by atoms with Crippen LogP contribution in [0, 0.1) is 0 Å². The molecule has 1 N–H and O–H groups in total. The van der Waals surface area contributed by atoms with Crippen LogP contribution in [0.1, 0.15) is 10.4 Å². The number of ether oxygens (including phenoxy) is 1. The smallest absolute Gasteiger partial charge is 0.254 e. The number of carbonyl (C=O) groups excluding carboxylic acids is 1. The highest BCUT2D eigenvalue weighted by atomic mass is 35.5. The van der Waals surface area contributed by atoms with Gasteiger partial charge >= 0.3 is 0 Å². The van der Waals surface area contributed by atoms with Gasteiger partial charge in [-0.15, -0.1) is 0 Å². The van der Waals surface area contributed by atoms with Gasteiger partial charge in [0, 0.05) is 0 Å². The Bertz CT molecular complexity index is 591. The lowest BCUT2D eigenvalue weighted by molar-refractivity contribution is 0.0947. The molecule has 4 nitrogen and oxygen atoms in total. The van der Waals surface area contributed by atoms with E-state index in [1.165, 1.54) is 12.1 Å². The van der Waals surface area contributed by atoms with Crippen molar-refractivity contribution in [2.24, 2.45) is 0 Å². The van der Waals surface area contributed by atoms with E-state index in [1.54, 1.807) is 0 Å². The van der Waals surface area contributed by atoms with Gasteiger partial charge in [-0.2, -0.15) is 0 Å². The third kappa shape index (κ3) is 4.11. The number of hydrogen-bond donors (Lipinski definition) is 1. The summed E-state index contributed by atoms with van der Waals surface area (Å²) in [7, 11) is 0. The third-order valence-corrected chi connectivity index (χ3v) is 2.96. The van der Waals surface area contributed by atoms with Crippen LogP contribution in [0.4, 0.5) is 0 Å². The zero-order chi connectivity index (χ0) is 14.4. The van der Waals surface area contributed by atoms with Crippen LogP contribution in [0.15, 0.2) is 42.5 Å². The van der Waals surface area contributed by atoms with Crippen molar-refractivity contribution in [3.8, 4) is 5.75 Å². The van der Waals surface area contributed by atoms with E-state index in [0.29, 0.717) is 13.2 Å². The van der Waals surface area contributed by atoms with E-state index in [1.807, 2.05) is 30.3 Å². The molecule has 20 heavy (non-hydrogen) atoms. The Kier molecular flexibility index (Phi) is 5.21. The first-order valence-corrected chi connectivity index (χ1v) is 6.70. The van der Waals surface area contributed by atoms with Gasteiger partial charge in [-0.3, -0.25) is 4.79 Å². The average Bonchev–Trinajstić information content (AvgIpc) is 2.44. The van der Waals surface area contributed by atoms with Gasteiger partial charge in [0.05, 0.1) is 12.1 Å². The van der Waals surface area contributed by atoms with Crippen molar-refractivity contribution < 1.29 is 9.53 Å². The number of carbonyl (C=O) groups is 1. The number of pyridine rings is 1. The van der Waals surface area contributed by atoms with E-state index in [2.05, 4.69) is 10.3 Å². The SMILES string of the molecule is O=C(NCCOc1ccccc1)c1ccc(Cl)nc1Cl.